The summed E-state index contributed by atoms with van der Waals surface area (Å²) in [4.78, 5) is 16.2. The number of anilines is 1. The number of carbonyl (C=O) groups is 1. The molecule has 0 saturated carbocycles. The Morgan fingerprint density at radius 1 is 1.30 bits per heavy atom. The van der Waals surface area contributed by atoms with Gasteiger partial charge >= 0.3 is 6.18 Å². The molecule has 0 aliphatic heterocycles. The molecule has 0 unspecified atom stereocenters. The molecule has 1 N–H and O–H groups in total. The molecule has 1 aromatic carbocycles. The quantitative estimate of drug-likeness (QED) is 0.641. The van der Waals surface area contributed by atoms with Crippen LogP contribution in [0.4, 0.5) is 27.6 Å². The Morgan fingerprint density at radius 3 is 2.70 bits per heavy atom. The van der Waals surface area contributed by atoms with E-state index in [-0.39, 0.29) is 22.0 Å². The van der Waals surface area contributed by atoms with E-state index >= 15 is 0 Å². The fraction of sp³-hybridized carbons (Fsp3) is 0.188. The number of nitrogens with one attached hydrogen (secondary N) is 1. The first-order chi connectivity index (χ1) is 12.6. The van der Waals surface area contributed by atoms with Crippen LogP contribution in [0.1, 0.15) is 27.5 Å². The summed E-state index contributed by atoms with van der Waals surface area (Å²) in [6.45, 7) is 0. The van der Waals surface area contributed by atoms with Crippen molar-refractivity contribution in [2.75, 3.05) is 5.32 Å². The van der Waals surface area contributed by atoms with Gasteiger partial charge in [-0.05, 0) is 18.2 Å². The number of hydrogen-bond acceptors (Lipinski definition) is 4. The molecule has 0 fully saturated rings. The van der Waals surface area contributed by atoms with Crippen LogP contribution in [0.15, 0.2) is 35.8 Å². The molecule has 0 spiro atoms. The summed E-state index contributed by atoms with van der Waals surface area (Å²) in [7, 11) is 1.48. The number of benzene rings is 1. The number of rotatable bonds is 4. The minimum absolute atomic E-state index is 0.0544. The second-order valence-electron chi connectivity index (χ2n) is 5.47. The summed E-state index contributed by atoms with van der Waals surface area (Å²) in [6, 6.07) is 4.14. The third kappa shape index (κ3) is 4.13. The van der Waals surface area contributed by atoms with Crippen molar-refractivity contribution in [3.8, 4) is 11.3 Å². The van der Waals surface area contributed by atoms with Gasteiger partial charge in [-0.15, -0.1) is 11.3 Å². The van der Waals surface area contributed by atoms with E-state index in [9.17, 15) is 26.7 Å². The minimum Gasteiger partial charge on any atom is -0.320 e. The fourth-order valence-electron chi connectivity index (χ4n) is 2.32. The molecule has 1 amide bonds. The van der Waals surface area contributed by atoms with Gasteiger partial charge in [0.25, 0.3) is 12.3 Å². The first kappa shape index (κ1) is 19.0. The van der Waals surface area contributed by atoms with E-state index < -0.39 is 29.8 Å². The van der Waals surface area contributed by atoms with E-state index in [1.54, 1.807) is 0 Å². The number of halogens is 5. The van der Waals surface area contributed by atoms with E-state index in [0.717, 1.165) is 29.5 Å². The van der Waals surface area contributed by atoms with Crippen LogP contribution in [0.2, 0.25) is 0 Å². The summed E-state index contributed by atoms with van der Waals surface area (Å²) < 4.78 is 65.5. The Bertz CT molecular complexity index is 979. The van der Waals surface area contributed by atoms with E-state index in [2.05, 4.69) is 15.4 Å². The Morgan fingerprint density at radius 2 is 2.04 bits per heavy atom. The largest absolute Gasteiger partial charge is 0.416 e. The molecule has 0 radical (unpaired) electrons. The summed E-state index contributed by atoms with van der Waals surface area (Å²) in [6.07, 6.45) is -6.00. The zero-order chi connectivity index (χ0) is 19.8. The summed E-state index contributed by atoms with van der Waals surface area (Å²) in [5.74, 6) is -0.743. The maximum Gasteiger partial charge on any atom is 0.416 e. The van der Waals surface area contributed by atoms with Gasteiger partial charge in [-0.1, -0.05) is 6.07 Å². The zero-order valence-electron chi connectivity index (χ0n) is 13.6. The summed E-state index contributed by atoms with van der Waals surface area (Å²) in [5, 5.41) is 7.31. The van der Waals surface area contributed by atoms with Crippen molar-refractivity contribution >= 4 is 22.9 Å². The molecule has 27 heavy (non-hydrogen) atoms. The van der Waals surface area contributed by atoms with Crippen molar-refractivity contribution < 1.29 is 26.7 Å². The lowest BCUT2D eigenvalue weighted by Crippen LogP contribution is -2.13. The zero-order valence-corrected chi connectivity index (χ0v) is 14.4. The first-order valence-electron chi connectivity index (χ1n) is 7.41. The van der Waals surface area contributed by atoms with E-state index in [1.807, 2.05) is 0 Å². The number of amides is 1. The molecule has 0 bridgehead atoms. The van der Waals surface area contributed by atoms with Crippen LogP contribution >= 0.6 is 11.3 Å². The predicted molar refractivity (Wildman–Crippen MR) is 88.7 cm³/mol. The molecule has 2 aromatic heterocycles. The topological polar surface area (TPSA) is 59.8 Å². The summed E-state index contributed by atoms with van der Waals surface area (Å²) >= 11 is 0.884. The Labute approximate surface area is 153 Å². The number of nitrogens with zero attached hydrogens (tertiary/aromatic N) is 3. The van der Waals surface area contributed by atoms with Crippen LogP contribution in [0.5, 0.6) is 0 Å². The minimum atomic E-state index is -4.54. The predicted octanol–water partition coefficient (Wildman–Crippen LogP) is 4.75. The van der Waals surface area contributed by atoms with E-state index in [4.69, 9.17) is 0 Å². The Balaban J connectivity index is 1.82. The molecule has 5 nitrogen and oxygen atoms in total. The van der Waals surface area contributed by atoms with Gasteiger partial charge < -0.3 is 5.32 Å². The van der Waals surface area contributed by atoms with Gasteiger partial charge in [-0.3, -0.25) is 9.48 Å². The standard InChI is InChI=1S/C16H11F5N4OS/c1-25-6-10(12(24-25)13(17)18)11-7-27-15(23-11)14(26)22-9-4-2-3-8(5-9)16(19,20)21/h2-7,13H,1H3,(H,22,26). The van der Waals surface area contributed by atoms with Crippen molar-refractivity contribution in [1.82, 2.24) is 14.8 Å². The second kappa shape index (κ2) is 7.06. The van der Waals surface area contributed by atoms with Crippen LogP contribution in [0.25, 0.3) is 11.3 Å². The Kier molecular flexibility index (Phi) is 4.96. The highest BCUT2D eigenvalue weighted by Crippen LogP contribution is 2.32. The van der Waals surface area contributed by atoms with Crippen molar-refractivity contribution in [2.45, 2.75) is 12.6 Å². The maximum absolute atomic E-state index is 13.0. The van der Waals surface area contributed by atoms with E-state index in [1.165, 1.54) is 29.4 Å². The normalized spacial score (nSPS) is 11.8. The number of carbonyl (C=O) groups excluding carboxylic acids is 1. The van der Waals surface area contributed by atoms with Crippen LogP contribution in [0.3, 0.4) is 0 Å². The second-order valence-corrected chi connectivity index (χ2v) is 6.33. The van der Waals surface area contributed by atoms with Crippen LogP contribution < -0.4 is 5.32 Å². The molecule has 0 saturated heterocycles. The Hall–Kier alpha value is -2.82. The van der Waals surface area contributed by atoms with Gasteiger partial charge in [0.2, 0.25) is 0 Å². The highest BCUT2D eigenvalue weighted by atomic mass is 32.1. The molecule has 3 aromatic rings. The van der Waals surface area contributed by atoms with Gasteiger partial charge in [0.15, 0.2) is 5.01 Å². The molecule has 0 atom stereocenters. The van der Waals surface area contributed by atoms with Gasteiger partial charge in [0.1, 0.15) is 5.69 Å². The van der Waals surface area contributed by atoms with Crippen LogP contribution in [-0.4, -0.2) is 20.7 Å². The van der Waals surface area contributed by atoms with Crippen molar-refractivity contribution in [1.29, 1.82) is 0 Å². The van der Waals surface area contributed by atoms with E-state index in [0.29, 0.717) is 0 Å². The monoisotopic (exact) mass is 402 g/mol. The number of thiazole rings is 1. The highest BCUT2D eigenvalue weighted by molar-refractivity contribution is 7.12. The molecule has 0 aliphatic carbocycles. The molecule has 11 heteroatoms. The van der Waals surface area contributed by atoms with Crippen molar-refractivity contribution in [2.24, 2.45) is 7.05 Å². The van der Waals surface area contributed by atoms with Crippen LogP contribution in [0, 0.1) is 0 Å². The number of aromatic nitrogens is 3. The van der Waals surface area contributed by atoms with Gasteiger partial charge in [-0.25, -0.2) is 13.8 Å². The molecule has 3 rings (SSSR count). The first-order valence-corrected chi connectivity index (χ1v) is 8.29. The smallest absolute Gasteiger partial charge is 0.320 e. The average Bonchev–Trinajstić information content (AvgIpc) is 3.20. The van der Waals surface area contributed by atoms with Crippen molar-refractivity contribution in [3.63, 3.8) is 0 Å². The lowest BCUT2D eigenvalue weighted by Gasteiger charge is -2.09. The molecular weight excluding hydrogens is 391 g/mol. The third-order valence-electron chi connectivity index (χ3n) is 3.49. The molecule has 2 heterocycles. The lowest BCUT2D eigenvalue weighted by molar-refractivity contribution is -0.137. The lowest BCUT2D eigenvalue weighted by atomic mass is 10.2. The number of hydrogen-bond donors (Lipinski definition) is 1. The molecule has 142 valence electrons. The van der Waals surface area contributed by atoms with Crippen molar-refractivity contribution in [3.05, 3.63) is 52.1 Å². The fourth-order valence-corrected chi connectivity index (χ4v) is 3.04. The van der Waals surface area contributed by atoms with Gasteiger partial charge in [0, 0.05) is 29.9 Å². The molecule has 0 aliphatic rings. The summed E-state index contributed by atoms with van der Waals surface area (Å²) in [5.41, 5.74) is -1.20. The highest BCUT2D eigenvalue weighted by Gasteiger charge is 2.30. The SMILES string of the molecule is Cn1cc(-c2csc(C(=O)Nc3cccc(C(F)(F)F)c3)n2)c(C(F)F)n1. The molecular formula is C16H11F5N4OS. The average molecular weight is 402 g/mol. The van der Waals surface area contributed by atoms with Crippen LogP contribution in [-0.2, 0) is 13.2 Å². The third-order valence-corrected chi connectivity index (χ3v) is 4.33. The number of aryl methyl sites for hydroxylation is 1. The number of alkyl halides is 5. The van der Waals surface area contributed by atoms with Gasteiger partial charge in [-0.2, -0.15) is 18.3 Å². The van der Waals surface area contributed by atoms with Gasteiger partial charge in [0.05, 0.1) is 11.3 Å². The maximum atomic E-state index is 13.0.